The van der Waals surface area contributed by atoms with Gasteiger partial charge in [0.05, 0.1) is 18.5 Å². The van der Waals surface area contributed by atoms with Crippen LogP contribution in [0.15, 0.2) is 34.2 Å². The van der Waals surface area contributed by atoms with E-state index in [0.717, 1.165) is 50.5 Å². The Balaban J connectivity index is 1.57. The van der Waals surface area contributed by atoms with E-state index in [1.807, 2.05) is 31.2 Å². The topological polar surface area (TPSA) is 92.2 Å². The summed E-state index contributed by atoms with van der Waals surface area (Å²) in [5, 5.41) is 9.62. The SMILES string of the molecule is CCCCn1c(SC(C)C(=O)Nc2ccc(N3CCOCC3)cc2)n[nH]c1=O. The zero-order valence-corrected chi connectivity index (χ0v) is 17.1. The van der Waals surface area contributed by atoms with Gasteiger partial charge in [-0.1, -0.05) is 25.1 Å². The van der Waals surface area contributed by atoms with Crippen molar-refractivity contribution in [1.29, 1.82) is 0 Å². The third-order valence-corrected chi connectivity index (χ3v) is 5.71. The summed E-state index contributed by atoms with van der Waals surface area (Å²) < 4.78 is 6.97. The maximum atomic E-state index is 12.6. The first-order chi connectivity index (χ1) is 13.6. The van der Waals surface area contributed by atoms with Crippen molar-refractivity contribution in [2.75, 3.05) is 36.5 Å². The van der Waals surface area contributed by atoms with E-state index in [0.29, 0.717) is 11.7 Å². The molecule has 3 rings (SSSR count). The Hall–Kier alpha value is -2.26. The highest BCUT2D eigenvalue weighted by molar-refractivity contribution is 8.00. The number of ether oxygens (including phenoxy) is 1. The van der Waals surface area contributed by atoms with Crippen LogP contribution in [-0.4, -0.2) is 52.2 Å². The summed E-state index contributed by atoms with van der Waals surface area (Å²) in [7, 11) is 0. The van der Waals surface area contributed by atoms with Crippen LogP contribution in [0.3, 0.4) is 0 Å². The quantitative estimate of drug-likeness (QED) is 0.655. The largest absolute Gasteiger partial charge is 0.378 e. The number of carbonyl (C=O) groups is 1. The molecule has 1 amide bonds. The number of benzene rings is 1. The number of unbranched alkanes of at least 4 members (excludes halogenated alkanes) is 1. The highest BCUT2D eigenvalue weighted by atomic mass is 32.2. The molecule has 0 saturated carbocycles. The van der Waals surface area contributed by atoms with E-state index < -0.39 is 0 Å². The van der Waals surface area contributed by atoms with Crippen molar-refractivity contribution >= 4 is 29.0 Å². The number of hydrogen-bond acceptors (Lipinski definition) is 6. The number of nitrogens with zero attached hydrogens (tertiary/aromatic N) is 3. The smallest absolute Gasteiger partial charge is 0.343 e. The van der Waals surface area contributed by atoms with E-state index in [2.05, 4.69) is 27.3 Å². The molecule has 1 aliphatic heterocycles. The number of nitrogens with one attached hydrogen (secondary N) is 2. The minimum absolute atomic E-state index is 0.124. The summed E-state index contributed by atoms with van der Waals surface area (Å²) in [6.07, 6.45) is 1.88. The fourth-order valence-corrected chi connectivity index (χ4v) is 3.82. The molecule has 1 aromatic heterocycles. The van der Waals surface area contributed by atoms with Gasteiger partial charge >= 0.3 is 5.69 Å². The molecule has 2 heterocycles. The molecule has 1 atom stereocenters. The molecule has 1 aromatic carbocycles. The van der Waals surface area contributed by atoms with Crippen molar-refractivity contribution in [3.63, 3.8) is 0 Å². The first kappa shape index (κ1) is 20.5. The molecular formula is C19H27N5O3S. The van der Waals surface area contributed by atoms with Crippen LogP contribution in [-0.2, 0) is 16.1 Å². The summed E-state index contributed by atoms with van der Waals surface area (Å²) in [5.74, 6) is -0.124. The lowest BCUT2D eigenvalue weighted by Crippen LogP contribution is -2.36. The number of amides is 1. The number of morpholine rings is 1. The Bertz CT molecular complexity index is 827. The summed E-state index contributed by atoms with van der Waals surface area (Å²) in [5.41, 5.74) is 1.64. The third kappa shape index (κ3) is 5.17. The number of anilines is 2. The second-order valence-corrected chi connectivity index (χ2v) is 8.02. The predicted molar refractivity (Wildman–Crippen MR) is 111 cm³/mol. The average Bonchev–Trinajstić information content (AvgIpc) is 3.06. The second-order valence-electron chi connectivity index (χ2n) is 6.71. The molecule has 152 valence electrons. The number of hydrogen-bond donors (Lipinski definition) is 2. The molecule has 2 N–H and O–H groups in total. The number of aromatic nitrogens is 3. The van der Waals surface area contributed by atoms with Crippen LogP contribution in [0.4, 0.5) is 11.4 Å². The van der Waals surface area contributed by atoms with Gasteiger partial charge in [-0.05, 0) is 37.6 Å². The summed E-state index contributed by atoms with van der Waals surface area (Å²) >= 11 is 1.28. The van der Waals surface area contributed by atoms with Gasteiger partial charge < -0.3 is 15.0 Å². The van der Waals surface area contributed by atoms with Crippen LogP contribution in [0, 0.1) is 0 Å². The summed E-state index contributed by atoms with van der Waals surface area (Å²) in [6, 6.07) is 7.83. The van der Waals surface area contributed by atoms with Crippen molar-refractivity contribution in [2.45, 2.75) is 43.6 Å². The monoisotopic (exact) mass is 405 g/mol. The van der Waals surface area contributed by atoms with Crippen molar-refractivity contribution in [3.05, 3.63) is 34.7 Å². The Morgan fingerprint density at radius 3 is 2.71 bits per heavy atom. The third-order valence-electron chi connectivity index (χ3n) is 4.62. The fraction of sp³-hybridized carbons (Fsp3) is 0.526. The van der Waals surface area contributed by atoms with Crippen molar-refractivity contribution in [3.8, 4) is 0 Å². The molecule has 2 aromatic rings. The first-order valence-electron chi connectivity index (χ1n) is 9.64. The van der Waals surface area contributed by atoms with Crippen molar-refractivity contribution in [2.24, 2.45) is 0 Å². The van der Waals surface area contributed by atoms with Gasteiger partial charge in [-0.3, -0.25) is 9.36 Å². The summed E-state index contributed by atoms with van der Waals surface area (Å²) in [4.78, 5) is 26.7. The van der Waals surface area contributed by atoms with E-state index in [1.54, 1.807) is 4.57 Å². The van der Waals surface area contributed by atoms with Gasteiger partial charge in [0.1, 0.15) is 0 Å². The Morgan fingerprint density at radius 2 is 2.04 bits per heavy atom. The lowest BCUT2D eigenvalue weighted by atomic mass is 10.2. The van der Waals surface area contributed by atoms with Gasteiger partial charge in [0.25, 0.3) is 0 Å². The number of H-pyrrole nitrogens is 1. The van der Waals surface area contributed by atoms with Crippen LogP contribution in [0.5, 0.6) is 0 Å². The Labute approximate surface area is 168 Å². The normalized spacial score (nSPS) is 15.4. The molecule has 0 aliphatic carbocycles. The highest BCUT2D eigenvalue weighted by Gasteiger charge is 2.19. The molecule has 0 bridgehead atoms. The molecule has 28 heavy (non-hydrogen) atoms. The van der Waals surface area contributed by atoms with E-state index in [9.17, 15) is 9.59 Å². The maximum absolute atomic E-state index is 12.6. The highest BCUT2D eigenvalue weighted by Crippen LogP contribution is 2.23. The Morgan fingerprint density at radius 1 is 1.32 bits per heavy atom. The zero-order valence-electron chi connectivity index (χ0n) is 16.3. The predicted octanol–water partition coefficient (Wildman–Crippen LogP) is 2.33. The van der Waals surface area contributed by atoms with E-state index in [1.165, 1.54) is 11.8 Å². The molecule has 1 unspecified atom stereocenters. The molecule has 1 aliphatic rings. The van der Waals surface area contributed by atoms with E-state index in [4.69, 9.17) is 4.74 Å². The first-order valence-corrected chi connectivity index (χ1v) is 10.5. The number of thioether (sulfide) groups is 1. The van der Waals surface area contributed by atoms with Crippen LogP contribution >= 0.6 is 11.8 Å². The van der Waals surface area contributed by atoms with E-state index >= 15 is 0 Å². The van der Waals surface area contributed by atoms with Gasteiger partial charge in [0.15, 0.2) is 5.16 Å². The molecule has 0 spiro atoms. The number of aromatic amines is 1. The van der Waals surface area contributed by atoms with Crippen LogP contribution in [0.2, 0.25) is 0 Å². The van der Waals surface area contributed by atoms with Crippen molar-refractivity contribution < 1.29 is 9.53 Å². The van der Waals surface area contributed by atoms with Gasteiger partial charge in [-0.25, -0.2) is 9.89 Å². The minimum atomic E-state index is -0.380. The molecule has 1 saturated heterocycles. The molecule has 1 fully saturated rings. The average molecular weight is 406 g/mol. The minimum Gasteiger partial charge on any atom is -0.378 e. The second kappa shape index (κ2) is 9.79. The fourth-order valence-electron chi connectivity index (χ4n) is 2.94. The maximum Gasteiger partial charge on any atom is 0.343 e. The number of carbonyl (C=O) groups excluding carboxylic acids is 1. The van der Waals surface area contributed by atoms with Crippen LogP contribution in [0.1, 0.15) is 26.7 Å². The van der Waals surface area contributed by atoms with Gasteiger partial charge in [-0.2, -0.15) is 0 Å². The molecule has 9 heteroatoms. The molecule has 0 radical (unpaired) electrons. The lowest BCUT2D eigenvalue weighted by Gasteiger charge is -2.28. The molecular weight excluding hydrogens is 378 g/mol. The van der Waals surface area contributed by atoms with Crippen LogP contribution in [0.25, 0.3) is 0 Å². The van der Waals surface area contributed by atoms with Crippen molar-refractivity contribution in [1.82, 2.24) is 14.8 Å². The summed E-state index contributed by atoms with van der Waals surface area (Å²) in [6.45, 7) is 7.72. The van der Waals surface area contributed by atoms with E-state index in [-0.39, 0.29) is 16.8 Å². The Kier molecular flexibility index (Phi) is 7.16. The lowest BCUT2D eigenvalue weighted by molar-refractivity contribution is -0.115. The van der Waals surface area contributed by atoms with Gasteiger partial charge in [0, 0.05) is 31.0 Å². The van der Waals surface area contributed by atoms with Gasteiger partial charge in [0.2, 0.25) is 5.91 Å². The number of rotatable bonds is 8. The zero-order chi connectivity index (χ0) is 19.9. The van der Waals surface area contributed by atoms with Gasteiger partial charge in [-0.15, -0.1) is 5.10 Å². The van der Waals surface area contributed by atoms with Crippen LogP contribution < -0.4 is 15.9 Å². The standard InChI is InChI=1S/C19H27N5O3S/c1-3-4-9-24-18(26)21-22-19(24)28-14(2)17(25)20-15-5-7-16(8-6-15)23-10-12-27-13-11-23/h5-8,14H,3-4,9-13H2,1-2H3,(H,20,25)(H,21,26). The molecule has 8 nitrogen and oxygen atoms in total.